The van der Waals surface area contributed by atoms with Crippen LogP contribution in [-0.4, -0.2) is 30.6 Å². The number of benzene rings is 1. The molecule has 2 N–H and O–H groups in total. The van der Waals surface area contributed by atoms with E-state index in [1.54, 1.807) is 14.0 Å². The van der Waals surface area contributed by atoms with Crippen molar-refractivity contribution < 1.29 is 9.53 Å². The SMILES string of the molecule is CCOC(=O)c1sc(C(C)NC(=NC)NCc2cccc(Br)c2)nc1C. The first-order chi connectivity index (χ1) is 12.4. The highest BCUT2D eigenvalue weighted by atomic mass is 79.9. The number of aryl methyl sites for hydroxylation is 1. The van der Waals surface area contributed by atoms with E-state index in [1.165, 1.54) is 11.3 Å². The van der Waals surface area contributed by atoms with Gasteiger partial charge < -0.3 is 15.4 Å². The van der Waals surface area contributed by atoms with Crippen molar-refractivity contribution in [1.29, 1.82) is 0 Å². The predicted molar refractivity (Wildman–Crippen MR) is 109 cm³/mol. The number of aliphatic imine (C=N–C) groups is 1. The lowest BCUT2D eigenvalue weighted by molar-refractivity contribution is 0.0531. The summed E-state index contributed by atoms with van der Waals surface area (Å²) in [5.41, 5.74) is 1.83. The van der Waals surface area contributed by atoms with Crippen LogP contribution in [0.3, 0.4) is 0 Å². The highest BCUT2D eigenvalue weighted by Gasteiger charge is 2.20. The van der Waals surface area contributed by atoms with Crippen LogP contribution in [0.25, 0.3) is 0 Å². The molecule has 0 bridgehead atoms. The number of hydrogen-bond acceptors (Lipinski definition) is 5. The van der Waals surface area contributed by atoms with Crippen molar-refractivity contribution in [2.75, 3.05) is 13.7 Å². The number of esters is 1. The molecule has 26 heavy (non-hydrogen) atoms. The number of carbonyl (C=O) groups excluding carboxylic acids is 1. The molecule has 0 spiro atoms. The van der Waals surface area contributed by atoms with E-state index in [2.05, 4.69) is 42.6 Å². The largest absolute Gasteiger partial charge is 0.462 e. The molecule has 1 aromatic heterocycles. The minimum atomic E-state index is -0.321. The molecule has 0 aliphatic heterocycles. The number of aromatic nitrogens is 1. The van der Waals surface area contributed by atoms with Crippen LogP contribution in [0, 0.1) is 6.92 Å². The van der Waals surface area contributed by atoms with Crippen molar-refractivity contribution in [2.24, 2.45) is 4.99 Å². The zero-order valence-electron chi connectivity index (χ0n) is 15.3. The lowest BCUT2D eigenvalue weighted by Crippen LogP contribution is -2.38. The Balaban J connectivity index is 1.99. The summed E-state index contributed by atoms with van der Waals surface area (Å²) < 4.78 is 6.11. The number of thiazole rings is 1. The second-order valence-electron chi connectivity index (χ2n) is 5.61. The van der Waals surface area contributed by atoms with Crippen molar-refractivity contribution in [2.45, 2.75) is 33.4 Å². The molecule has 0 amide bonds. The van der Waals surface area contributed by atoms with Crippen LogP contribution in [0.4, 0.5) is 0 Å². The lowest BCUT2D eigenvalue weighted by atomic mass is 10.2. The quantitative estimate of drug-likeness (QED) is 0.407. The maximum Gasteiger partial charge on any atom is 0.350 e. The smallest absolute Gasteiger partial charge is 0.350 e. The van der Waals surface area contributed by atoms with Crippen molar-refractivity contribution in [3.8, 4) is 0 Å². The summed E-state index contributed by atoms with van der Waals surface area (Å²) in [6.07, 6.45) is 0. The average Bonchev–Trinajstić information content (AvgIpc) is 3.00. The molecular formula is C18H23BrN4O2S. The summed E-state index contributed by atoms with van der Waals surface area (Å²) in [6.45, 7) is 6.60. The Kier molecular flexibility index (Phi) is 7.59. The molecule has 1 atom stereocenters. The molecule has 1 aromatic carbocycles. The summed E-state index contributed by atoms with van der Waals surface area (Å²) in [6, 6.07) is 8.00. The molecule has 2 rings (SSSR count). The minimum absolute atomic E-state index is 0.0874. The number of halogens is 1. The summed E-state index contributed by atoms with van der Waals surface area (Å²) in [4.78, 5) is 21.3. The van der Waals surface area contributed by atoms with E-state index in [4.69, 9.17) is 4.74 Å². The Hall–Kier alpha value is -1.93. The van der Waals surface area contributed by atoms with Crippen LogP contribution < -0.4 is 10.6 Å². The molecule has 2 aromatic rings. The third kappa shape index (κ3) is 5.54. The number of nitrogens with one attached hydrogen (secondary N) is 2. The third-order valence-corrected chi connectivity index (χ3v) is 5.38. The van der Waals surface area contributed by atoms with Gasteiger partial charge in [-0.15, -0.1) is 11.3 Å². The fourth-order valence-corrected chi connectivity index (χ4v) is 3.69. The third-order valence-electron chi connectivity index (χ3n) is 3.57. The highest BCUT2D eigenvalue weighted by molar-refractivity contribution is 9.10. The Morgan fingerprint density at radius 3 is 2.88 bits per heavy atom. The Labute approximate surface area is 166 Å². The Morgan fingerprint density at radius 1 is 1.46 bits per heavy atom. The molecule has 0 saturated heterocycles. The fourth-order valence-electron chi connectivity index (χ4n) is 2.28. The number of nitrogens with zero attached hydrogens (tertiary/aromatic N) is 2. The molecule has 6 nitrogen and oxygen atoms in total. The zero-order valence-corrected chi connectivity index (χ0v) is 17.7. The van der Waals surface area contributed by atoms with Gasteiger partial charge in [-0.1, -0.05) is 28.1 Å². The maximum atomic E-state index is 12.0. The van der Waals surface area contributed by atoms with Gasteiger partial charge in [-0.2, -0.15) is 0 Å². The lowest BCUT2D eigenvalue weighted by Gasteiger charge is -2.16. The molecule has 1 unspecified atom stereocenters. The summed E-state index contributed by atoms with van der Waals surface area (Å²) in [5.74, 6) is 0.348. The van der Waals surface area contributed by atoms with Crippen LogP contribution in [0.15, 0.2) is 33.7 Å². The topological polar surface area (TPSA) is 75.6 Å². The fraction of sp³-hybridized carbons (Fsp3) is 0.389. The van der Waals surface area contributed by atoms with Crippen LogP contribution in [0.2, 0.25) is 0 Å². The standard InChI is InChI=1S/C18H23BrN4O2S/c1-5-25-17(24)15-11(2)22-16(26-15)12(3)23-18(20-4)21-10-13-7-6-8-14(19)9-13/h6-9,12H,5,10H2,1-4H3,(H2,20,21,23). The van der Waals surface area contributed by atoms with E-state index in [1.807, 2.05) is 32.0 Å². The molecule has 0 aliphatic carbocycles. The highest BCUT2D eigenvalue weighted by Crippen LogP contribution is 2.24. The maximum absolute atomic E-state index is 12.0. The van der Waals surface area contributed by atoms with Gasteiger partial charge in [-0.25, -0.2) is 9.78 Å². The number of guanidine groups is 1. The Bertz CT molecular complexity index is 791. The molecule has 140 valence electrons. The normalized spacial score (nSPS) is 12.6. The molecule has 1 heterocycles. The van der Waals surface area contributed by atoms with Crippen molar-refractivity contribution in [3.63, 3.8) is 0 Å². The van der Waals surface area contributed by atoms with Gasteiger partial charge in [0.15, 0.2) is 5.96 Å². The van der Waals surface area contributed by atoms with Gasteiger partial charge in [0, 0.05) is 18.1 Å². The van der Waals surface area contributed by atoms with Crippen molar-refractivity contribution in [3.05, 3.63) is 49.9 Å². The molecule has 8 heteroatoms. The van der Waals surface area contributed by atoms with E-state index in [0.717, 1.165) is 15.0 Å². The van der Waals surface area contributed by atoms with Crippen LogP contribution in [-0.2, 0) is 11.3 Å². The number of ether oxygens (including phenoxy) is 1. The van der Waals surface area contributed by atoms with Crippen molar-refractivity contribution in [1.82, 2.24) is 15.6 Å². The van der Waals surface area contributed by atoms with E-state index in [-0.39, 0.29) is 12.0 Å². The molecule has 0 aliphatic rings. The molecule has 0 radical (unpaired) electrons. The molecular weight excluding hydrogens is 416 g/mol. The minimum Gasteiger partial charge on any atom is -0.462 e. The average molecular weight is 439 g/mol. The predicted octanol–water partition coefficient (Wildman–Crippen LogP) is 3.82. The molecule has 0 fully saturated rings. The zero-order chi connectivity index (χ0) is 19.1. The number of hydrogen-bond donors (Lipinski definition) is 2. The molecule has 0 saturated carbocycles. The van der Waals surface area contributed by atoms with Gasteiger partial charge in [0.1, 0.15) is 9.88 Å². The van der Waals surface area contributed by atoms with E-state index in [9.17, 15) is 4.79 Å². The van der Waals surface area contributed by atoms with E-state index < -0.39 is 0 Å². The first-order valence-corrected chi connectivity index (χ1v) is 9.91. The Morgan fingerprint density at radius 2 is 2.23 bits per heavy atom. The summed E-state index contributed by atoms with van der Waals surface area (Å²) in [7, 11) is 1.72. The second kappa shape index (κ2) is 9.68. The summed E-state index contributed by atoms with van der Waals surface area (Å²) >= 11 is 4.82. The second-order valence-corrected chi connectivity index (χ2v) is 7.56. The van der Waals surface area contributed by atoms with Crippen LogP contribution in [0.1, 0.15) is 45.8 Å². The van der Waals surface area contributed by atoms with Gasteiger partial charge in [0.05, 0.1) is 18.3 Å². The van der Waals surface area contributed by atoms with Crippen LogP contribution in [0.5, 0.6) is 0 Å². The monoisotopic (exact) mass is 438 g/mol. The van der Waals surface area contributed by atoms with Gasteiger partial charge in [-0.05, 0) is 38.5 Å². The number of carbonyl (C=O) groups is 1. The number of rotatable bonds is 6. The summed E-state index contributed by atoms with van der Waals surface area (Å²) in [5, 5.41) is 7.40. The van der Waals surface area contributed by atoms with Gasteiger partial charge >= 0.3 is 5.97 Å². The van der Waals surface area contributed by atoms with Gasteiger partial charge in [0.2, 0.25) is 0 Å². The first kappa shape index (κ1) is 20.4. The van der Waals surface area contributed by atoms with Crippen LogP contribution >= 0.6 is 27.3 Å². The van der Waals surface area contributed by atoms with E-state index in [0.29, 0.717) is 29.7 Å². The van der Waals surface area contributed by atoms with Gasteiger partial charge in [-0.3, -0.25) is 4.99 Å². The first-order valence-electron chi connectivity index (χ1n) is 8.30. The van der Waals surface area contributed by atoms with Crippen molar-refractivity contribution >= 4 is 39.2 Å². The van der Waals surface area contributed by atoms with E-state index >= 15 is 0 Å². The van der Waals surface area contributed by atoms with Gasteiger partial charge in [0.25, 0.3) is 0 Å².